The number of carbonyl (C=O) groups excluding carboxylic acids is 2. The van der Waals surface area contributed by atoms with Gasteiger partial charge < -0.3 is 44.7 Å². The van der Waals surface area contributed by atoms with Crippen LogP contribution < -0.4 is 10.2 Å². The van der Waals surface area contributed by atoms with Crippen LogP contribution in [0.1, 0.15) is 19.3 Å². The molecule has 0 aliphatic heterocycles. The average Bonchev–Trinajstić information content (AvgIpc) is 2.22. The Bertz CT molecular complexity index is 458. The Morgan fingerprint density at radius 3 is 1.56 bits per heavy atom. The van der Waals surface area contributed by atoms with Gasteiger partial charge in [0.2, 0.25) is 0 Å². The smallest absolute Gasteiger partial charge is 0.550 e. The predicted molar refractivity (Wildman–Crippen MR) is 78.7 cm³/mol. The number of hydrogen-bond donors (Lipinski definition) is 4. The van der Waals surface area contributed by atoms with Gasteiger partial charge in [-0.2, -0.15) is 0 Å². The molecule has 0 aromatic heterocycles. The number of nitrogens with zero attached hydrogens (tertiary/aromatic N) is 1. The summed E-state index contributed by atoms with van der Waals surface area (Å²) in [5.74, 6) is -6.61. The first-order valence-corrected chi connectivity index (χ1v) is 6.65. The van der Waals surface area contributed by atoms with E-state index in [1.54, 1.807) is 0 Å². The van der Waals surface area contributed by atoms with Crippen molar-refractivity contribution in [1.29, 1.82) is 0 Å². The molecule has 11 nitrogen and oxygen atoms in total. The van der Waals surface area contributed by atoms with E-state index in [1.807, 2.05) is 21.1 Å². The first-order chi connectivity index (χ1) is 10.6. The first-order valence-electron chi connectivity index (χ1n) is 6.65. The fourth-order valence-corrected chi connectivity index (χ4v) is 1.59. The minimum Gasteiger partial charge on any atom is -0.550 e. The molecule has 0 unspecified atom stereocenters. The summed E-state index contributed by atoms with van der Waals surface area (Å²) in [6, 6.07) is 0. The second-order valence-electron chi connectivity index (χ2n) is 6.16. The van der Waals surface area contributed by atoms with E-state index in [4.69, 9.17) is 20.4 Å². The molecule has 0 aliphatic carbocycles. The molecule has 0 rings (SSSR count). The van der Waals surface area contributed by atoms with Gasteiger partial charge in [0.25, 0.3) is 0 Å². The standard InChI is InChI=1S/C7H15NO3.C6H8O7.Mg/c1-8(2,3)5-6(9)4-7(10)11;7-3(8)1-6(13,5(11)12)2-4(9)10;/h6,9H,4-5H2,1-3H3;13H,1-2H2,(H,7,8)(H,9,10)(H,11,12);/q;;+2/p-1/t6-;;/m0../s1. The normalized spacial score (nSPS) is 12.0. The van der Waals surface area contributed by atoms with Crippen molar-refractivity contribution in [2.24, 2.45) is 0 Å². The van der Waals surface area contributed by atoms with E-state index in [0.29, 0.717) is 11.0 Å². The Morgan fingerprint density at radius 1 is 1.00 bits per heavy atom. The van der Waals surface area contributed by atoms with Crippen molar-refractivity contribution < 1.29 is 54.3 Å². The molecule has 0 aliphatic rings. The minimum absolute atomic E-state index is 0. The van der Waals surface area contributed by atoms with Crippen LogP contribution in [0.4, 0.5) is 0 Å². The molecule has 12 heteroatoms. The summed E-state index contributed by atoms with van der Waals surface area (Å²) >= 11 is 0. The Labute approximate surface area is 160 Å². The summed E-state index contributed by atoms with van der Waals surface area (Å²) in [6.07, 6.45) is -3.50. The summed E-state index contributed by atoms with van der Waals surface area (Å²) in [7, 11) is 5.72. The van der Waals surface area contributed by atoms with Gasteiger partial charge in [-0.3, -0.25) is 4.79 Å². The van der Waals surface area contributed by atoms with Crippen LogP contribution >= 0.6 is 0 Å². The molecule has 0 amide bonds. The number of carbonyl (C=O) groups is 4. The van der Waals surface area contributed by atoms with Crippen molar-refractivity contribution >= 4 is 46.9 Å². The van der Waals surface area contributed by atoms with Crippen molar-refractivity contribution in [1.82, 2.24) is 0 Å². The second-order valence-corrected chi connectivity index (χ2v) is 6.16. The fraction of sp³-hybridized carbons (Fsp3) is 0.692. The Kier molecular flexibility index (Phi) is 13.6. The van der Waals surface area contributed by atoms with Gasteiger partial charge in [0.15, 0.2) is 5.60 Å². The van der Waals surface area contributed by atoms with Gasteiger partial charge in [0, 0.05) is 24.8 Å². The van der Waals surface area contributed by atoms with Crippen LogP contribution in [0, 0.1) is 0 Å². The van der Waals surface area contributed by atoms with Crippen LogP contribution in [0.25, 0.3) is 0 Å². The van der Waals surface area contributed by atoms with E-state index in [0.717, 1.165) is 0 Å². The molecule has 0 heterocycles. The quantitative estimate of drug-likeness (QED) is 0.224. The number of likely N-dealkylation sites (N-methyl/N-ethyl adjacent to an activating group) is 1. The summed E-state index contributed by atoms with van der Waals surface area (Å²) < 4.78 is 0.578. The van der Waals surface area contributed by atoms with Gasteiger partial charge >= 0.3 is 35.0 Å². The fourth-order valence-electron chi connectivity index (χ4n) is 1.59. The molecule has 0 saturated heterocycles. The molecule has 0 bridgehead atoms. The monoisotopic (exact) mass is 376 g/mol. The molecular weight excluding hydrogens is 354 g/mol. The average molecular weight is 377 g/mol. The van der Waals surface area contributed by atoms with Crippen LogP contribution in [0.3, 0.4) is 0 Å². The van der Waals surface area contributed by atoms with E-state index in [1.165, 1.54) is 0 Å². The van der Waals surface area contributed by atoms with Crippen LogP contribution in [-0.4, -0.2) is 111 Å². The van der Waals surface area contributed by atoms with Crippen molar-refractivity contribution in [2.75, 3.05) is 27.7 Å². The van der Waals surface area contributed by atoms with Gasteiger partial charge in [-0.15, -0.1) is 0 Å². The molecule has 25 heavy (non-hydrogen) atoms. The molecule has 0 aromatic rings. The van der Waals surface area contributed by atoms with Gasteiger partial charge in [0.1, 0.15) is 12.6 Å². The van der Waals surface area contributed by atoms with Gasteiger partial charge in [-0.1, -0.05) is 0 Å². The number of carboxylic acids is 4. The number of aliphatic hydroxyl groups is 2. The van der Waals surface area contributed by atoms with Gasteiger partial charge in [0.05, 0.1) is 27.6 Å². The third-order valence-corrected chi connectivity index (χ3v) is 2.44. The van der Waals surface area contributed by atoms with Crippen LogP contribution in [0.15, 0.2) is 0 Å². The maximum absolute atomic E-state index is 10.3. The van der Waals surface area contributed by atoms with Crippen molar-refractivity contribution in [3.8, 4) is 0 Å². The number of hydrogen-bond acceptors (Lipinski definition) is 8. The van der Waals surface area contributed by atoms with Crippen LogP contribution in [0.2, 0.25) is 0 Å². The van der Waals surface area contributed by atoms with Crippen molar-refractivity contribution in [3.05, 3.63) is 0 Å². The van der Waals surface area contributed by atoms with E-state index in [2.05, 4.69) is 0 Å². The summed E-state index contributed by atoms with van der Waals surface area (Å²) in [6.45, 7) is 0.465. The molecule has 140 valence electrons. The third kappa shape index (κ3) is 17.1. The predicted octanol–water partition coefficient (Wildman–Crippen LogP) is -4.77. The molecule has 1 atom stereocenters. The first kappa shape index (κ1) is 28.3. The Hall–Kier alpha value is -1.47. The van der Waals surface area contributed by atoms with E-state index < -0.39 is 48.4 Å². The summed E-state index contributed by atoms with van der Waals surface area (Å²) in [4.78, 5) is 40.3. The van der Waals surface area contributed by atoms with Gasteiger partial charge in [-0.25, -0.2) is 4.79 Å². The van der Waals surface area contributed by atoms with Crippen LogP contribution in [0.5, 0.6) is 0 Å². The summed E-state index contributed by atoms with van der Waals surface area (Å²) in [5, 5.41) is 54.7. The zero-order chi connectivity index (χ0) is 19.7. The molecule has 0 spiro atoms. The topological polar surface area (TPSA) is 195 Å². The van der Waals surface area contributed by atoms with E-state index >= 15 is 0 Å². The van der Waals surface area contributed by atoms with Gasteiger partial charge in [-0.05, 0) is 0 Å². The number of rotatable bonds is 9. The van der Waals surface area contributed by atoms with Crippen LogP contribution in [-0.2, 0) is 19.2 Å². The van der Waals surface area contributed by atoms with E-state index in [-0.39, 0.29) is 29.5 Å². The maximum atomic E-state index is 10.3. The molecule has 4 N–H and O–H groups in total. The number of carboxylic acid groups (broad SMARTS) is 4. The number of aliphatic hydroxyl groups excluding tert-OH is 1. The zero-order valence-corrected chi connectivity index (χ0v) is 15.7. The third-order valence-electron chi connectivity index (χ3n) is 2.44. The summed E-state index contributed by atoms with van der Waals surface area (Å²) in [5.41, 5.74) is -2.86. The molecule has 0 radical (unpaired) electrons. The second kappa shape index (κ2) is 12.0. The molecule has 0 saturated carbocycles. The molecule has 0 aromatic carbocycles. The minimum atomic E-state index is -2.86. The molecule has 0 fully saturated rings. The largest absolute Gasteiger partial charge is 2.00 e. The number of aliphatic carboxylic acids is 4. The SMILES string of the molecule is C[N+](C)(C)C[C@@H](O)CC(=O)O.O=C([O-])CC(O)(CC(=O)[O-])C(=O)O.[Mg+2]. The van der Waals surface area contributed by atoms with E-state index in [9.17, 15) is 29.4 Å². The van der Waals surface area contributed by atoms with Crippen molar-refractivity contribution in [3.63, 3.8) is 0 Å². The zero-order valence-electron chi connectivity index (χ0n) is 14.3. The Morgan fingerprint density at radius 2 is 1.36 bits per heavy atom. The maximum Gasteiger partial charge on any atom is 2.00 e. The molecular formula is C13H22MgNO10+. The number of quaternary nitrogens is 1. The Balaban J connectivity index is -0.000000377. The van der Waals surface area contributed by atoms with Crippen molar-refractivity contribution in [2.45, 2.75) is 31.0 Å².